The third-order valence-corrected chi connectivity index (χ3v) is 5.57. The molecule has 0 aromatic rings. The molecular weight excluding hydrogens is 433 g/mol. The summed E-state index contributed by atoms with van der Waals surface area (Å²) in [7, 11) is 0. The van der Waals surface area contributed by atoms with Crippen molar-refractivity contribution in [1.82, 2.24) is 0 Å². The Labute approximate surface area is 176 Å². The van der Waals surface area contributed by atoms with E-state index < -0.39 is 79.2 Å². The lowest BCUT2D eigenvalue weighted by atomic mass is 9.98. The molecule has 0 amide bonds. The van der Waals surface area contributed by atoms with Crippen molar-refractivity contribution in [3.63, 3.8) is 0 Å². The van der Waals surface area contributed by atoms with Crippen LogP contribution in [-0.4, -0.2) is 101 Å². The van der Waals surface area contributed by atoms with Gasteiger partial charge in [0.2, 0.25) is 0 Å². The van der Waals surface area contributed by atoms with E-state index in [0.29, 0.717) is 0 Å². The van der Waals surface area contributed by atoms with Gasteiger partial charge < -0.3 is 48.5 Å². The van der Waals surface area contributed by atoms with Crippen LogP contribution in [0.5, 0.6) is 0 Å². The second-order valence-electron chi connectivity index (χ2n) is 8.98. The van der Waals surface area contributed by atoms with Crippen LogP contribution in [-0.2, 0) is 33.2 Å². The lowest BCUT2D eigenvalue weighted by Crippen LogP contribution is -2.63. The molecule has 4 aliphatic rings. The Morgan fingerprint density at radius 3 is 2.00 bits per heavy atom. The Morgan fingerprint density at radius 2 is 1.35 bits per heavy atom. The minimum Gasteiger partial charge on any atom is -0.387 e. The average molecular weight is 460 g/mol. The van der Waals surface area contributed by atoms with Crippen LogP contribution in [0.25, 0.3) is 0 Å². The predicted molar refractivity (Wildman–Crippen MR) is 91.2 cm³/mol. The molecule has 10 atom stereocenters. The summed E-state index contributed by atoms with van der Waals surface area (Å²) in [6.45, 7) is 6.42. The molecule has 10 nitrogen and oxygen atoms in total. The molecule has 4 saturated heterocycles. The first kappa shape index (κ1) is 23.5. The highest BCUT2D eigenvalue weighted by Crippen LogP contribution is 2.44. The van der Waals surface area contributed by atoms with E-state index in [2.05, 4.69) is 0 Å². The van der Waals surface area contributed by atoms with Crippen LogP contribution in [0.4, 0.5) is 13.2 Å². The summed E-state index contributed by atoms with van der Waals surface area (Å²) in [5, 5.41) is 29.5. The van der Waals surface area contributed by atoms with Gasteiger partial charge in [-0.15, -0.1) is 0 Å². The average Bonchev–Trinajstić information content (AvgIpc) is 3.12. The Balaban J connectivity index is 1.47. The van der Waals surface area contributed by atoms with Crippen LogP contribution in [0, 0.1) is 0 Å². The van der Waals surface area contributed by atoms with Gasteiger partial charge >= 0.3 is 6.18 Å². The second-order valence-corrected chi connectivity index (χ2v) is 8.98. The van der Waals surface area contributed by atoms with Crippen LogP contribution in [0.15, 0.2) is 0 Å². The van der Waals surface area contributed by atoms with Crippen LogP contribution in [0.3, 0.4) is 0 Å². The summed E-state index contributed by atoms with van der Waals surface area (Å²) in [6.07, 6.45) is -19.6. The zero-order valence-corrected chi connectivity index (χ0v) is 17.3. The van der Waals surface area contributed by atoms with Crippen molar-refractivity contribution < 1.29 is 61.6 Å². The second kappa shape index (κ2) is 7.72. The van der Waals surface area contributed by atoms with Crippen molar-refractivity contribution in [2.45, 2.75) is 107 Å². The summed E-state index contributed by atoms with van der Waals surface area (Å²) < 4.78 is 78.7. The maximum absolute atomic E-state index is 13.1. The fourth-order valence-corrected chi connectivity index (χ4v) is 4.27. The number of hydrogen-bond acceptors (Lipinski definition) is 10. The van der Waals surface area contributed by atoms with E-state index in [1.165, 1.54) is 0 Å². The molecule has 0 saturated carbocycles. The molecule has 0 unspecified atom stereocenters. The van der Waals surface area contributed by atoms with Crippen molar-refractivity contribution in [2.75, 3.05) is 6.61 Å². The first-order valence-electron chi connectivity index (χ1n) is 9.93. The Hall–Kier alpha value is -0.610. The van der Waals surface area contributed by atoms with Crippen LogP contribution < -0.4 is 0 Å². The Morgan fingerprint density at radius 1 is 0.774 bits per heavy atom. The normalized spacial score (nSPS) is 49.0. The molecule has 3 N–H and O–H groups in total. The minimum atomic E-state index is -4.98. The van der Waals surface area contributed by atoms with Gasteiger partial charge in [-0.1, -0.05) is 0 Å². The quantitative estimate of drug-likeness (QED) is 0.520. The summed E-state index contributed by atoms with van der Waals surface area (Å²) in [5.74, 6) is -1.93. The highest BCUT2D eigenvalue weighted by molar-refractivity contribution is 5.00. The van der Waals surface area contributed by atoms with Crippen molar-refractivity contribution in [2.24, 2.45) is 0 Å². The van der Waals surface area contributed by atoms with E-state index in [0.717, 1.165) is 0 Å². The molecule has 0 aromatic heterocycles. The van der Waals surface area contributed by atoms with Crippen molar-refractivity contribution in [3.05, 3.63) is 0 Å². The van der Waals surface area contributed by atoms with Gasteiger partial charge in [0.05, 0.1) is 6.61 Å². The van der Waals surface area contributed by atoms with E-state index >= 15 is 0 Å². The largest absolute Gasteiger partial charge is 0.417 e. The zero-order chi connectivity index (χ0) is 22.9. The molecule has 0 aromatic carbocycles. The topological polar surface area (TPSA) is 125 Å². The highest BCUT2D eigenvalue weighted by atomic mass is 19.4. The standard InChI is InChI=1S/C18H27F3O10/c1-16(2)28-10-6(26-15-12(11(10)29-16)30-17(3,4)31-15)5-25-14-9(24)7(22)8(23)13(27-14)18(19,20)21/h6-15,22-24H,5H2,1-4H3/t6-,7-,8-,9-,10+,11+,12-,13-,14+,15-/m1/s1. The van der Waals surface area contributed by atoms with E-state index in [-0.39, 0.29) is 6.61 Å². The van der Waals surface area contributed by atoms with E-state index in [9.17, 15) is 28.5 Å². The molecule has 4 fully saturated rings. The number of aliphatic hydroxyl groups is 3. The van der Waals surface area contributed by atoms with Gasteiger partial charge in [-0.3, -0.25) is 0 Å². The van der Waals surface area contributed by atoms with Gasteiger partial charge in [-0.25, -0.2) is 0 Å². The van der Waals surface area contributed by atoms with Gasteiger partial charge in [0.15, 0.2) is 30.3 Å². The van der Waals surface area contributed by atoms with Gasteiger partial charge in [0.1, 0.15) is 42.7 Å². The molecule has 13 heteroatoms. The lowest BCUT2D eigenvalue weighted by Gasteiger charge is -2.42. The number of ether oxygens (including phenoxy) is 7. The summed E-state index contributed by atoms with van der Waals surface area (Å²) >= 11 is 0. The van der Waals surface area contributed by atoms with E-state index in [1.807, 2.05) is 0 Å². The number of hydrogen-bond donors (Lipinski definition) is 3. The van der Waals surface area contributed by atoms with Gasteiger partial charge in [-0.2, -0.15) is 13.2 Å². The molecule has 4 aliphatic heterocycles. The van der Waals surface area contributed by atoms with Crippen molar-refractivity contribution in [3.8, 4) is 0 Å². The third-order valence-electron chi connectivity index (χ3n) is 5.57. The molecule has 0 spiro atoms. The SMILES string of the molecule is CC1(C)O[C@H]2[C@@H](O1)[C@@H](CO[C@H]1O[C@@H](C(F)(F)F)[C@H](O)[C@@H](O)[C@H]1O)O[C@@H]1OC(C)(C)O[C@@H]12. The van der Waals surface area contributed by atoms with Crippen LogP contribution >= 0.6 is 0 Å². The predicted octanol–water partition coefficient (Wildman–Crippen LogP) is -0.231. The summed E-state index contributed by atoms with van der Waals surface area (Å²) in [6, 6.07) is 0. The molecule has 0 bridgehead atoms. The van der Waals surface area contributed by atoms with Gasteiger partial charge in [-0.05, 0) is 27.7 Å². The summed E-state index contributed by atoms with van der Waals surface area (Å²) in [4.78, 5) is 0. The fraction of sp³-hybridized carbons (Fsp3) is 1.00. The monoisotopic (exact) mass is 460 g/mol. The molecule has 4 heterocycles. The Bertz CT molecular complexity index is 673. The first-order chi connectivity index (χ1) is 14.2. The lowest BCUT2D eigenvalue weighted by molar-refractivity contribution is -0.359. The number of aliphatic hydroxyl groups excluding tert-OH is 3. The number of alkyl halides is 3. The number of halogens is 3. The summed E-state index contributed by atoms with van der Waals surface area (Å²) in [5.41, 5.74) is 0. The number of fused-ring (bicyclic) bond motifs is 3. The van der Waals surface area contributed by atoms with E-state index in [4.69, 9.17) is 33.2 Å². The zero-order valence-electron chi connectivity index (χ0n) is 17.3. The fourth-order valence-electron chi connectivity index (χ4n) is 4.27. The maximum atomic E-state index is 13.1. The molecule has 0 radical (unpaired) electrons. The van der Waals surface area contributed by atoms with Crippen LogP contribution in [0.1, 0.15) is 27.7 Å². The third kappa shape index (κ3) is 4.45. The van der Waals surface area contributed by atoms with Crippen LogP contribution in [0.2, 0.25) is 0 Å². The maximum Gasteiger partial charge on any atom is 0.417 e. The minimum absolute atomic E-state index is 0.372. The number of rotatable bonds is 3. The van der Waals surface area contributed by atoms with Crippen molar-refractivity contribution in [1.29, 1.82) is 0 Å². The van der Waals surface area contributed by atoms with Gasteiger partial charge in [0.25, 0.3) is 0 Å². The molecule has 31 heavy (non-hydrogen) atoms. The Kier molecular flexibility index (Phi) is 5.86. The molecule has 180 valence electrons. The van der Waals surface area contributed by atoms with Gasteiger partial charge in [0, 0.05) is 0 Å². The smallest absolute Gasteiger partial charge is 0.387 e. The van der Waals surface area contributed by atoms with Crippen molar-refractivity contribution >= 4 is 0 Å². The van der Waals surface area contributed by atoms with E-state index in [1.54, 1.807) is 27.7 Å². The molecule has 4 rings (SSSR count). The molecule has 0 aliphatic carbocycles. The molecular formula is C18H27F3O10. The highest BCUT2D eigenvalue weighted by Gasteiger charge is 2.61. The first-order valence-corrected chi connectivity index (χ1v) is 9.93.